The maximum absolute atomic E-state index is 13.0. The summed E-state index contributed by atoms with van der Waals surface area (Å²) in [6.45, 7) is 1.03. The van der Waals surface area contributed by atoms with Crippen molar-refractivity contribution < 1.29 is 19.1 Å². The normalized spacial score (nSPS) is 22.8. The second kappa shape index (κ2) is 5.17. The van der Waals surface area contributed by atoms with Gasteiger partial charge in [0.1, 0.15) is 6.20 Å². The Hall–Kier alpha value is -1.28. The summed E-state index contributed by atoms with van der Waals surface area (Å²) in [5, 5.41) is 20.4. The van der Waals surface area contributed by atoms with E-state index < -0.39 is 25.2 Å². The fourth-order valence-corrected chi connectivity index (χ4v) is 5.08. The van der Waals surface area contributed by atoms with Gasteiger partial charge in [-0.15, -0.1) is 0 Å². The van der Waals surface area contributed by atoms with E-state index in [1.807, 2.05) is 0 Å². The molecule has 1 saturated carbocycles. The van der Waals surface area contributed by atoms with Crippen molar-refractivity contribution in [1.29, 1.82) is 0 Å². The lowest BCUT2D eigenvalue weighted by molar-refractivity contribution is -0.391. The number of aliphatic hydroxyl groups excluding tert-OH is 1. The molecule has 116 valence electrons. The van der Waals surface area contributed by atoms with Crippen molar-refractivity contribution in [2.24, 2.45) is 7.05 Å². The van der Waals surface area contributed by atoms with Gasteiger partial charge >= 0.3 is 5.82 Å². The molecule has 2 heterocycles. The Morgan fingerprint density at radius 1 is 1.62 bits per heavy atom. The topological polar surface area (TPSA) is 111 Å². The third kappa shape index (κ3) is 2.62. The van der Waals surface area contributed by atoms with Gasteiger partial charge in [0.15, 0.2) is 6.10 Å². The van der Waals surface area contributed by atoms with Crippen molar-refractivity contribution in [2.75, 3.05) is 19.7 Å². The molecule has 2 unspecified atom stereocenters. The van der Waals surface area contributed by atoms with Gasteiger partial charge in [-0.25, -0.2) is 14.2 Å². The largest absolute Gasteiger partial charge is 0.393 e. The summed E-state index contributed by atoms with van der Waals surface area (Å²) in [6.07, 6.45) is 1.90. The standard InChI is InChI=1S/C11H17N4O5P/c1-13-10(15(17)18)6-12-11(13)9(7-16)20-21(19,8-2-3-8)14-4-5-14/h6,8-9,16H,2-5,7H2,1H3. The molecule has 1 aromatic heterocycles. The van der Waals surface area contributed by atoms with Crippen LogP contribution in [-0.2, 0) is 16.1 Å². The lowest BCUT2D eigenvalue weighted by Crippen LogP contribution is -2.17. The van der Waals surface area contributed by atoms with Crippen LogP contribution in [0.1, 0.15) is 24.8 Å². The number of aromatic nitrogens is 2. The van der Waals surface area contributed by atoms with Gasteiger partial charge in [0.25, 0.3) is 7.52 Å². The minimum atomic E-state index is -2.96. The zero-order valence-electron chi connectivity index (χ0n) is 11.6. The number of hydrogen-bond donors (Lipinski definition) is 1. The predicted octanol–water partition coefficient (Wildman–Crippen LogP) is 1.05. The maximum Gasteiger partial charge on any atom is 0.342 e. The lowest BCUT2D eigenvalue weighted by Gasteiger charge is -2.23. The molecule has 21 heavy (non-hydrogen) atoms. The Morgan fingerprint density at radius 2 is 2.29 bits per heavy atom. The second-order valence-corrected chi connectivity index (χ2v) is 7.95. The average Bonchev–Trinajstić information content (AvgIpc) is 3.32. The van der Waals surface area contributed by atoms with Gasteiger partial charge in [0.05, 0.1) is 19.3 Å². The molecular weight excluding hydrogens is 299 g/mol. The molecule has 0 amide bonds. The molecule has 0 spiro atoms. The molecule has 2 aliphatic rings. The minimum Gasteiger partial charge on any atom is -0.393 e. The van der Waals surface area contributed by atoms with E-state index in [0.29, 0.717) is 0 Å². The third-order valence-electron chi connectivity index (χ3n) is 3.74. The molecule has 0 radical (unpaired) electrons. The summed E-state index contributed by atoms with van der Waals surface area (Å²) < 4.78 is 21.7. The zero-order valence-corrected chi connectivity index (χ0v) is 12.5. The van der Waals surface area contributed by atoms with Crippen molar-refractivity contribution in [3.63, 3.8) is 0 Å². The molecule has 2 fully saturated rings. The smallest absolute Gasteiger partial charge is 0.342 e. The number of imidazole rings is 1. The molecule has 10 heteroatoms. The van der Waals surface area contributed by atoms with E-state index in [2.05, 4.69) is 4.98 Å². The summed E-state index contributed by atoms with van der Waals surface area (Å²) >= 11 is 0. The summed E-state index contributed by atoms with van der Waals surface area (Å²) in [6, 6.07) is 0. The average molecular weight is 316 g/mol. The number of rotatable bonds is 7. The van der Waals surface area contributed by atoms with Gasteiger partial charge in [-0.2, -0.15) is 0 Å². The highest BCUT2D eigenvalue weighted by Crippen LogP contribution is 2.68. The van der Waals surface area contributed by atoms with Crippen LogP contribution in [0, 0.1) is 10.1 Å². The first-order valence-electron chi connectivity index (χ1n) is 6.77. The zero-order chi connectivity index (χ0) is 15.2. The molecule has 1 saturated heterocycles. The fraction of sp³-hybridized carbons (Fsp3) is 0.727. The van der Waals surface area contributed by atoms with Crippen LogP contribution in [-0.4, -0.2) is 49.6 Å². The van der Waals surface area contributed by atoms with Crippen molar-refractivity contribution in [3.8, 4) is 0 Å². The first-order valence-corrected chi connectivity index (χ1v) is 8.42. The van der Waals surface area contributed by atoms with Gasteiger partial charge < -0.3 is 19.7 Å². The van der Waals surface area contributed by atoms with Crippen LogP contribution < -0.4 is 0 Å². The number of hydrogen-bond acceptors (Lipinski definition) is 6. The molecule has 0 aromatic carbocycles. The van der Waals surface area contributed by atoms with Crippen molar-refractivity contribution >= 4 is 13.3 Å². The highest BCUT2D eigenvalue weighted by Gasteiger charge is 2.52. The number of nitro groups is 1. The quantitative estimate of drug-likeness (QED) is 0.346. The monoisotopic (exact) mass is 316 g/mol. The Balaban J connectivity index is 1.85. The van der Waals surface area contributed by atoms with Gasteiger partial charge in [-0.05, 0) is 17.8 Å². The number of nitrogens with zero attached hydrogens (tertiary/aromatic N) is 4. The fourth-order valence-electron chi connectivity index (χ4n) is 2.34. The molecule has 1 aliphatic heterocycles. The van der Waals surface area contributed by atoms with Crippen LogP contribution in [0.25, 0.3) is 0 Å². The summed E-state index contributed by atoms with van der Waals surface area (Å²) in [5.41, 5.74) is 0.0179. The second-order valence-electron chi connectivity index (χ2n) is 5.32. The van der Waals surface area contributed by atoms with Gasteiger partial charge in [0, 0.05) is 13.1 Å². The minimum absolute atomic E-state index is 0.0179. The van der Waals surface area contributed by atoms with E-state index >= 15 is 0 Å². The van der Waals surface area contributed by atoms with Crippen molar-refractivity contribution in [2.45, 2.75) is 24.6 Å². The Labute approximate surface area is 121 Å². The highest BCUT2D eigenvalue weighted by atomic mass is 31.2. The molecule has 1 aromatic rings. The first-order chi connectivity index (χ1) is 9.97. The van der Waals surface area contributed by atoms with E-state index in [1.165, 1.54) is 11.6 Å². The van der Waals surface area contributed by atoms with Crippen molar-refractivity contribution in [1.82, 2.24) is 14.2 Å². The third-order valence-corrected chi connectivity index (χ3v) is 6.93. The van der Waals surface area contributed by atoms with Crippen LogP contribution in [0.15, 0.2) is 6.20 Å². The predicted molar refractivity (Wildman–Crippen MR) is 73.0 cm³/mol. The highest BCUT2D eigenvalue weighted by molar-refractivity contribution is 7.57. The van der Waals surface area contributed by atoms with Gasteiger partial charge in [-0.1, -0.05) is 0 Å². The van der Waals surface area contributed by atoms with Crippen LogP contribution in [0.3, 0.4) is 0 Å². The van der Waals surface area contributed by atoms with Crippen LogP contribution >= 0.6 is 7.52 Å². The first kappa shape index (κ1) is 14.6. The SMILES string of the molecule is Cn1c([N+](=O)[O-])cnc1C(CO)OP(=O)(C1CC1)N1CC1. The summed E-state index contributed by atoms with van der Waals surface area (Å²) in [7, 11) is -1.49. The van der Waals surface area contributed by atoms with Gasteiger partial charge in [-0.3, -0.25) is 4.57 Å². The van der Waals surface area contributed by atoms with E-state index in [-0.39, 0.29) is 17.3 Å². The molecule has 9 nitrogen and oxygen atoms in total. The van der Waals surface area contributed by atoms with Crippen molar-refractivity contribution in [3.05, 3.63) is 22.1 Å². The maximum atomic E-state index is 13.0. The molecule has 1 aliphatic carbocycles. The molecule has 3 rings (SSSR count). The molecule has 0 bridgehead atoms. The van der Waals surface area contributed by atoms with E-state index in [9.17, 15) is 19.8 Å². The number of aliphatic hydroxyl groups is 1. The van der Waals surface area contributed by atoms with E-state index in [0.717, 1.165) is 32.1 Å². The Bertz CT molecular complexity index is 594. The van der Waals surface area contributed by atoms with E-state index in [4.69, 9.17) is 4.52 Å². The molecule has 1 N–H and O–H groups in total. The van der Waals surface area contributed by atoms with Crippen LogP contribution in [0.2, 0.25) is 0 Å². The van der Waals surface area contributed by atoms with Crippen LogP contribution in [0.5, 0.6) is 0 Å². The molecule has 2 atom stereocenters. The van der Waals surface area contributed by atoms with E-state index in [1.54, 1.807) is 4.67 Å². The molecular formula is C11H17N4O5P. The van der Waals surface area contributed by atoms with Gasteiger partial charge in [0.2, 0.25) is 5.82 Å². The van der Waals surface area contributed by atoms with Crippen LogP contribution in [0.4, 0.5) is 5.82 Å². The lowest BCUT2D eigenvalue weighted by atomic mass is 10.3. The summed E-state index contributed by atoms with van der Waals surface area (Å²) in [4.78, 5) is 14.2. The Kier molecular flexibility index (Phi) is 3.61. The Morgan fingerprint density at radius 3 is 2.71 bits per heavy atom. The summed E-state index contributed by atoms with van der Waals surface area (Å²) in [5.74, 6) is 0.0203.